The molecule has 17 heavy (non-hydrogen) atoms. The molecule has 3 nitrogen and oxygen atoms in total. The lowest BCUT2D eigenvalue weighted by Crippen LogP contribution is -2.43. The molecule has 0 aromatic rings. The first kappa shape index (κ1) is 15.2. The predicted octanol–water partition coefficient (Wildman–Crippen LogP) is 0.746. The standard InChI is InChI=1S/C13H30N2OSi/c1-12(2,15-10-9-14)6-5-8-13(17)7-3-4-11-16-13/h15H,3-11,14H2,1-2,17H3. The molecular formula is C13H30N2OSi. The first-order valence-corrected chi connectivity index (χ1v) is 8.07. The number of nitrogens with two attached hydrogens (primary N) is 1. The summed E-state index contributed by atoms with van der Waals surface area (Å²) < 4.78 is 5.98. The third-order valence-corrected chi connectivity index (χ3v) is 5.09. The summed E-state index contributed by atoms with van der Waals surface area (Å²) in [5, 5.41) is 3.78. The maximum absolute atomic E-state index is 5.98. The molecule has 1 rings (SSSR count). The van der Waals surface area contributed by atoms with E-state index >= 15 is 0 Å². The number of rotatable bonds is 7. The highest BCUT2D eigenvalue weighted by atomic mass is 28.1. The van der Waals surface area contributed by atoms with Crippen molar-refractivity contribution in [1.29, 1.82) is 0 Å². The van der Waals surface area contributed by atoms with Crippen LogP contribution in [0.15, 0.2) is 0 Å². The molecule has 102 valence electrons. The van der Waals surface area contributed by atoms with E-state index in [4.69, 9.17) is 10.5 Å². The largest absolute Gasteiger partial charge is 0.380 e. The van der Waals surface area contributed by atoms with Gasteiger partial charge in [-0.1, -0.05) is 0 Å². The number of ether oxygens (including phenoxy) is 1. The van der Waals surface area contributed by atoms with Gasteiger partial charge in [0.2, 0.25) is 0 Å². The van der Waals surface area contributed by atoms with Crippen molar-refractivity contribution in [3.05, 3.63) is 0 Å². The van der Waals surface area contributed by atoms with Crippen molar-refractivity contribution in [3.63, 3.8) is 0 Å². The summed E-state index contributed by atoms with van der Waals surface area (Å²) in [5.74, 6) is 0. The van der Waals surface area contributed by atoms with Crippen molar-refractivity contribution >= 4 is 10.2 Å². The van der Waals surface area contributed by atoms with Gasteiger partial charge in [-0.3, -0.25) is 0 Å². The van der Waals surface area contributed by atoms with E-state index in [1.54, 1.807) is 0 Å². The summed E-state index contributed by atoms with van der Waals surface area (Å²) in [5.41, 5.74) is 5.74. The third kappa shape index (κ3) is 6.00. The van der Waals surface area contributed by atoms with Gasteiger partial charge in [-0.05, 0) is 52.4 Å². The second kappa shape index (κ2) is 6.88. The SMILES string of the molecule is CC(C)(CCCC1([SiH3])CCCCO1)NCCN. The Bertz CT molecular complexity index is 215. The fraction of sp³-hybridized carbons (Fsp3) is 1.00. The van der Waals surface area contributed by atoms with Gasteiger partial charge in [-0.2, -0.15) is 0 Å². The molecule has 4 heteroatoms. The summed E-state index contributed by atoms with van der Waals surface area (Å²) >= 11 is 0. The molecule has 1 fully saturated rings. The zero-order valence-electron chi connectivity index (χ0n) is 11.8. The van der Waals surface area contributed by atoms with Crippen LogP contribution in [0.25, 0.3) is 0 Å². The van der Waals surface area contributed by atoms with Gasteiger partial charge in [0.15, 0.2) is 0 Å². The van der Waals surface area contributed by atoms with Crippen molar-refractivity contribution in [3.8, 4) is 0 Å². The minimum absolute atomic E-state index is 0.214. The Kier molecular flexibility index (Phi) is 6.13. The van der Waals surface area contributed by atoms with Crippen LogP contribution in [0.1, 0.15) is 52.4 Å². The molecule has 0 spiro atoms. The predicted molar refractivity (Wildman–Crippen MR) is 77.5 cm³/mol. The molecule has 0 saturated carbocycles. The Morgan fingerprint density at radius 3 is 2.76 bits per heavy atom. The number of hydrogen-bond acceptors (Lipinski definition) is 3. The quantitative estimate of drug-likeness (QED) is 0.662. The average molecular weight is 258 g/mol. The first-order chi connectivity index (χ1) is 7.97. The molecule has 1 atom stereocenters. The van der Waals surface area contributed by atoms with Crippen LogP contribution < -0.4 is 11.1 Å². The van der Waals surface area contributed by atoms with Gasteiger partial charge in [-0.25, -0.2) is 0 Å². The highest BCUT2D eigenvalue weighted by Crippen LogP contribution is 2.28. The molecule has 0 aliphatic carbocycles. The molecule has 1 saturated heterocycles. The normalized spacial score (nSPS) is 26.3. The Morgan fingerprint density at radius 1 is 1.41 bits per heavy atom. The molecule has 1 unspecified atom stereocenters. The van der Waals surface area contributed by atoms with Gasteiger partial charge in [0, 0.05) is 40.7 Å². The van der Waals surface area contributed by atoms with Crippen molar-refractivity contribution in [1.82, 2.24) is 5.32 Å². The topological polar surface area (TPSA) is 47.3 Å². The molecule has 1 aliphatic heterocycles. The van der Waals surface area contributed by atoms with Crippen LogP contribution in [-0.2, 0) is 4.74 Å². The maximum atomic E-state index is 5.98. The van der Waals surface area contributed by atoms with E-state index < -0.39 is 0 Å². The van der Waals surface area contributed by atoms with Gasteiger partial charge < -0.3 is 15.8 Å². The van der Waals surface area contributed by atoms with E-state index in [9.17, 15) is 0 Å². The van der Waals surface area contributed by atoms with Crippen LogP contribution in [0.5, 0.6) is 0 Å². The second-order valence-corrected chi connectivity index (χ2v) is 8.03. The molecule has 0 amide bonds. The van der Waals surface area contributed by atoms with E-state index in [0.717, 1.165) is 19.7 Å². The maximum Gasteiger partial charge on any atom is 0.0486 e. The van der Waals surface area contributed by atoms with Crippen molar-refractivity contribution in [2.24, 2.45) is 5.73 Å². The van der Waals surface area contributed by atoms with Crippen LogP contribution in [0.3, 0.4) is 0 Å². The van der Waals surface area contributed by atoms with Crippen LogP contribution in [0, 0.1) is 0 Å². The Morgan fingerprint density at radius 2 is 2.18 bits per heavy atom. The fourth-order valence-electron chi connectivity index (χ4n) is 2.59. The van der Waals surface area contributed by atoms with E-state index in [0.29, 0.717) is 0 Å². The van der Waals surface area contributed by atoms with Crippen LogP contribution in [0.2, 0.25) is 0 Å². The first-order valence-electron chi connectivity index (χ1n) is 7.07. The third-order valence-electron chi connectivity index (χ3n) is 3.81. The Hall–Kier alpha value is 0.0969. The van der Waals surface area contributed by atoms with Gasteiger partial charge >= 0.3 is 0 Å². The van der Waals surface area contributed by atoms with E-state index in [2.05, 4.69) is 19.2 Å². The second-order valence-electron chi connectivity index (χ2n) is 6.21. The molecule has 1 aliphatic rings. The summed E-state index contributed by atoms with van der Waals surface area (Å²) in [6.07, 6.45) is 7.61. The molecule has 0 aromatic carbocycles. The summed E-state index contributed by atoms with van der Waals surface area (Å²) in [7, 11) is 1.17. The smallest absolute Gasteiger partial charge is 0.0486 e. The summed E-state index contributed by atoms with van der Waals surface area (Å²) in [6.45, 7) is 7.15. The van der Waals surface area contributed by atoms with Crippen LogP contribution in [-0.4, -0.2) is 40.7 Å². The molecular weight excluding hydrogens is 228 g/mol. The zero-order chi connectivity index (χ0) is 12.8. The summed E-state index contributed by atoms with van der Waals surface area (Å²) in [4.78, 5) is 0. The number of nitrogens with one attached hydrogen (secondary N) is 1. The molecule has 1 heterocycles. The Labute approximate surface area is 109 Å². The molecule has 0 radical (unpaired) electrons. The fourth-order valence-corrected chi connectivity index (χ4v) is 3.50. The monoisotopic (exact) mass is 258 g/mol. The van der Waals surface area contributed by atoms with Gasteiger partial charge in [-0.15, -0.1) is 0 Å². The minimum atomic E-state index is 0.214. The van der Waals surface area contributed by atoms with Crippen molar-refractivity contribution in [2.45, 2.75) is 63.1 Å². The highest BCUT2D eigenvalue weighted by Gasteiger charge is 2.28. The molecule has 0 bridgehead atoms. The van der Waals surface area contributed by atoms with Crippen molar-refractivity contribution < 1.29 is 4.74 Å². The minimum Gasteiger partial charge on any atom is -0.380 e. The van der Waals surface area contributed by atoms with Gasteiger partial charge in [0.25, 0.3) is 0 Å². The van der Waals surface area contributed by atoms with Crippen LogP contribution >= 0.6 is 0 Å². The van der Waals surface area contributed by atoms with E-state index in [1.165, 1.54) is 48.8 Å². The van der Waals surface area contributed by atoms with Crippen LogP contribution in [0.4, 0.5) is 0 Å². The molecule has 0 aromatic heterocycles. The average Bonchev–Trinajstić information content (AvgIpc) is 2.27. The zero-order valence-corrected chi connectivity index (χ0v) is 13.8. The van der Waals surface area contributed by atoms with Gasteiger partial charge in [0.1, 0.15) is 0 Å². The number of hydrogen-bond donors (Lipinski definition) is 2. The lowest BCUT2D eigenvalue weighted by molar-refractivity contribution is -0.0247. The van der Waals surface area contributed by atoms with E-state index in [1.807, 2.05) is 0 Å². The Balaban J connectivity index is 2.21. The highest BCUT2D eigenvalue weighted by molar-refractivity contribution is 6.14. The van der Waals surface area contributed by atoms with Gasteiger partial charge in [0.05, 0.1) is 0 Å². The van der Waals surface area contributed by atoms with Crippen molar-refractivity contribution in [2.75, 3.05) is 19.7 Å². The molecule has 3 N–H and O–H groups in total. The summed E-state index contributed by atoms with van der Waals surface area (Å²) in [6, 6.07) is 0. The van der Waals surface area contributed by atoms with E-state index in [-0.39, 0.29) is 10.8 Å². The lowest BCUT2D eigenvalue weighted by atomic mass is 9.94. The lowest BCUT2D eigenvalue weighted by Gasteiger charge is -2.35.